The van der Waals surface area contributed by atoms with Crippen LogP contribution in [0.3, 0.4) is 0 Å². The number of rotatable bonds is 1. The highest BCUT2D eigenvalue weighted by atomic mass is 19.1. The molecule has 0 spiro atoms. The summed E-state index contributed by atoms with van der Waals surface area (Å²) >= 11 is 0. The molecule has 1 aliphatic heterocycles. The van der Waals surface area contributed by atoms with E-state index >= 15 is 0 Å². The van der Waals surface area contributed by atoms with Crippen molar-refractivity contribution in [1.29, 1.82) is 0 Å². The van der Waals surface area contributed by atoms with Crippen LogP contribution in [0.25, 0.3) is 0 Å². The van der Waals surface area contributed by atoms with E-state index in [4.69, 9.17) is 4.74 Å². The van der Waals surface area contributed by atoms with Crippen LogP contribution < -0.4 is 0 Å². The monoisotopic (exact) mass is 189 g/mol. The number of hydrogen-bond donors (Lipinski definition) is 0. The lowest BCUT2D eigenvalue weighted by Crippen LogP contribution is -2.52. The van der Waals surface area contributed by atoms with Crippen LogP contribution in [0, 0.1) is 5.92 Å². The third-order valence-electron chi connectivity index (χ3n) is 1.83. The Morgan fingerprint density at radius 1 is 1.54 bits per heavy atom. The highest BCUT2D eigenvalue weighted by molar-refractivity contribution is 5.69. The first-order valence-corrected chi connectivity index (χ1v) is 4.46. The summed E-state index contributed by atoms with van der Waals surface area (Å²) in [6, 6.07) is 0. The van der Waals surface area contributed by atoms with Gasteiger partial charge in [-0.05, 0) is 20.8 Å². The number of carbonyl (C=O) groups is 1. The fourth-order valence-electron chi connectivity index (χ4n) is 1.14. The molecule has 1 heterocycles. The van der Waals surface area contributed by atoms with Gasteiger partial charge in [0.2, 0.25) is 0 Å². The molecule has 0 aromatic rings. The third-order valence-corrected chi connectivity index (χ3v) is 1.83. The Morgan fingerprint density at radius 3 is 2.46 bits per heavy atom. The van der Waals surface area contributed by atoms with Gasteiger partial charge in [0.1, 0.15) is 5.60 Å². The van der Waals surface area contributed by atoms with E-state index in [1.807, 2.05) is 20.8 Å². The van der Waals surface area contributed by atoms with Crippen LogP contribution in [0.5, 0.6) is 0 Å². The molecule has 0 aromatic carbocycles. The summed E-state index contributed by atoms with van der Waals surface area (Å²) in [4.78, 5) is 12.8. The highest BCUT2D eigenvalue weighted by Gasteiger charge is 2.33. The molecular formula is C9H16FNO2. The van der Waals surface area contributed by atoms with Crippen LogP contribution in [-0.4, -0.2) is 36.4 Å². The predicted molar refractivity (Wildman–Crippen MR) is 47.3 cm³/mol. The molecule has 0 unspecified atom stereocenters. The van der Waals surface area contributed by atoms with Crippen LogP contribution in [0.1, 0.15) is 20.8 Å². The van der Waals surface area contributed by atoms with Crippen molar-refractivity contribution in [3.8, 4) is 0 Å². The molecule has 3 nitrogen and oxygen atoms in total. The summed E-state index contributed by atoms with van der Waals surface area (Å²) in [6.07, 6.45) is -0.336. The Kier molecular flexibility index (Phi) is 2.78. The van der Waals surface area contributed by atoms with Crippen molar-refractivity contribution >= 4 is 6.09 Å². The van der Waals surface area contributed by atoms with Gasteiger partial charge in [-0.2, -0.15) is 0 Å². The number of hydrogen-bond acceptors (Lipinski definition) is 2. The first-order chi connectivity index (χ1) is 5.92. The summed E-state index contributed by atoms with van der Waals surface area (Å²) in [6.45, 7) is 6.09. The van der Waals surface area contributed by atoms with Gasteiger partial charge in [-0.3, -0.25) is 4.39 Å². The van der Waals surface area contributed by atoms with Crippen molar-refractivity contribution in [3.63, 3.8) is 0 Å². The van der Waals surface area contributed by atoms with Crippen molar-refractivity contribution in [1.82, 2.24) is 4.90 Å². The smallest absolute Gasteiger partial charge is 0.410 e. The molecule has 76 valence electrons. The van der Waals surface area contributed by atoms with Crippen molar-refractivity contribution < 1.29 is 13.9 Å². The second-order valence-corrected chi connectivity index (χ2v) is 4.41. The van der Waals surface area contributed by atoms with Crippen LogP contribution in [0.15, 0.2) is 0 Å². The van der Waals surface area contributed by atoms with E-state index in [0.29, 0.717) is 13.1 Å². The van der Waals surface area contributed by atoms with Crippen molar-refractivity contribution in [2.75, 3.05) is 19.8 Å². The number of likely N-dealkylation sites (tertiary alicyclic amines) is 1. The largest absolute Gasteiger partial charge is 0.444 e. The highest BCUT2D eigenvalue weighted by Crippen LogP contribution is 2.19. The van der Waals surface area contributed by atoms with Crippen molar-refractivity contribution in [2.45, 2.75) is 26.4 Å². The first-order valence-electron chi connectivity index (χ1n) is 4.46. The molecule has 0 aromatic heterocycles. The van der Waals surface area contributed by atoms with Gasteiger partial charge in [0.15, 0.2) is 0 Å². The lowest BCUT2D eigenvalue weighted by molar-refractivity contribution is -0.00418. The number of ether oxygens (including phenoxy) is 1. The molecule has 0 bridgehead atoms. The zero-order valence-corrected chi connectivity index (χ0v) is 8.34. The van der Waals surface area contributed by atoms with Gasteiger partial charge >= 0.3 is 6.09 Å². The molecule has 0 atom stereocenters. The van der Waals surface area contributed by atoms with Gasteiger partial charge in [0.25, 0.3) is 0 Å². The maximum absolute atomic E-state index is 12.0. The van der Waals surface area contributed by atoms with Crippen molar-refractivity contribution in [3.05, 3.63) is 0 Å². The van der Waals surface area contributed by atoms with Gasteiger partial charge in [-0.25, -0.2) is 4.79 Å². The standard InChI is InChI=1S/C9H16FNO2/c1-9(2,3)13-8(12)11-5-7(4-10)6-11/h7H,4-6H2,1-3H3. The van der Waals surface area contributed by atoms with Crippen molar-refractivity contribution in [2.24, 2.45) is 5.92 Å². The minimum Gasteiger partial charge on any atom is -0.444 e. The fraction of sp³-hybridized carbons (Fsp3) is 0.889. The number of carbonyl (C=O) groups excluding carboxylic acids is 1. The van der Waals surface area contributed by atoms with E-state index in [1.165, 1.54) is 4.90 Å². The van der Waals surface area contributed by atoms with E-state index in [1.54, 1.807) is 0 Å². The zero-order chi connectivity index (χ0) is 10.1. The van der Waals surface area contributed by atoms with Crippen LogP contribution in [0.4, 0.5) is 9.18 Å². The molecule has 0 N–H and O–H groups in total. The second kappa shape index (κ2) is 3.52. The zero-order valence-electron chi connectivity index (χ0n) is 8.34. The topological polar surface area (TPSA) is 29.5 Å². The molecule has 1 amide bonds. The van der Waals surface area contributed by atoms with Gasteiger partial charge in [-0.15, -0.1) is 0 Å². The first kappa shape index (κ1) is 10.3. The minimum absolute atomic E-state index is 0.0209. The Morgan fingerprint density at radius 2 is 2.08 bits per heavy atom. The molecule has 13 heavy (non-hydrogen) atoms. The van der Waals surface area contributed by atoms with E-state index in [0.717, 1.165) is 0 Å². The summed E-state index contributed by atoms with van der Waals surface area (Å²) in [5, 5.41) is 0. The van der Waals surface area contributed by atoms with E-state index in [-0.39, 0.29) is 18.7 Å². The van der Waals surface area contributed by atoms with Gasteiger partial charge in [0, 0.05) is 19.0 Å². The number of amides is 1. The number of halogens is 1. The molecular weight excluding hydrogens is 173 g/mol. The number of nitrogens with zero attached hydrogens (tertiary/aromatic N) is 1. The molecule has 1 fully saturated rings. The molecule has 1 aliphatic rings. The van der Waals surface area contributed by atoms with E-state index in [9.17, 15) is 9.18 Å². The molecule has 1 saturated heterocycles. The molecule has 4 heteroatoms. The Bertz CT molecular complexity index is 194. The summed E-state index contributed by atoms with van der Waals surface area (Å²) in [7, 11) is 0. The Labute approximate surface area is 77.9 Å². The summed E-state index contributed by atoms with van der Waals surface area (Å²) < 4.78 is 17.1. The number of alkyl halides is 1. The Balaban J connectivity index is 2.27. The molecule has 1 rings (SSSR count). The quantitative estimate of drug-likeness (QED) is 0.629. The maximum Gasteiger partial charge on any atom is 0.410 e. The van der Waals surface area contributed by atoms with E-state index in [2.05, 4.69) is 0 Å². The van der Waals surface area contributed by atoms with E-state index < -0.39 is 5.60 Å². The molecule has 0 aliphatic carbocycles. The maximum atomic E-state index is 12.0. The third kappa shape index (κ3) is 2.86. The SMILES string of the molecule is CC(C)(C)OC(=O)N1CC(CF)C1. The average Bonchev–Trinajstić information content (AvgIpc) is 1.79. The predicted octanol–water partition coefficient (Wildman–Crippen LogP) is 1.82. The Hall–Kier alpha value is -0.800. The lowest BCUT2D eigenvalue weighted by Gasteiger charge is -2.38. The van der Waals surface area contributed by atoms with Crippen LogP contribution in [-0.2, 0) is 4.74 Å². The normalized spacial score (nSPS) is 18.3. The minimum atomic E-state index is -0.460. The van der Waals surface area contributed by atoms with Gasteiger partial charge in [-0.1, -0.05) is 0 Å². The second-order valence-electron chi connectivity index (χ2n) is 4.41. The summed E-state index contributed by atoms with van der Waals surface area (Å²) in [5.74, 6) is 0.0209. The van der Waals surface area contributed by atoms with Crippen LogP contribution in [0.2, 0.25) is 0 Å². The lowest BCUT2D eigenvalue weighted by atomic mass is 10.0. The summed E-state index contributed by atoms with van der Waals surface area (Å²) in [5.41, 5.74) is -0.460. The van der Waals surface area contributed by atoms with Crippen LogP contribution >= 0.6 is 0 Å². The molecule has 0 radical (unpaired) electrons. The fourth-order valence-corrected chi connectivity index (χ4v) is 1.14. The average molecular weight is 189 g/mol. The van der Waals surface area contributed by atoms with Gasteiger partial charge < -0.3 is 9.64 Å². The van der Waals surface area contributed by atoms with Gasteiger partial charge in [0.05, 0.1) is 6.67 Å². The molecule has 0 saturated carbocycles.